The van der Waals surface area contributed by atoms with E-state index in [-0.39, 0.29) is 0 Å². The monoisotopic (exact) mass is 159 g/mol. The zero-order chi connectivity index (χ0) is 7.97. The largest absolute Gasteiger partial charge is 0.291 e. The van der Waals surface area contributed by atoms with E-state index in [4.69, 9.17) is 0 Å². The minimum absolute atomic E-state index is 0.715. The van der Waals surface area contributed by atoms with Crippen molar-refractivity contribution in [3.05, 3.63) is 30.4 Å². The number of hydrogen-bond donors (Lipinski definition) is 0. The van der Waals surface area contributed by atoms with Crippen molar-refractivity contribution in [2.75, 3.05) is 0 Å². The van der Waals surface area contributed by atoms with Gasteiger partial charge in [-0.2, -0.15) is 0 Å². The van der Waals surface area contributed by atoms with E-state index in [0.29, 0.717) is 5.92 Å². The van der Waals surface area contributed by atoms with Crippen molar-refractivity contribution in [1.29, 1.82) is 0 Å². The standard InChI is InChI=1S/C9H9N3/c1-2-7(1)8-3-5-12-6-4-10-9(12)11-8/h3-7H,1-2H2. The number of nitrogens with zero attached hydrogens (tertiary/aromatic N) is 3. The summed E-state index contributed by atoms with van der Waals surface area (Å²) in [5.41, 5.74) is 1.20. The first kappa shape index (κ1) is 6.17. The van der Waals surface area contributed by atoms with E-state index in [0.717, 1.165) is 5.78 Å². The molecule has 1 aliphatic rings. The maximum atomic E-state index is 4.45. The van der Waals surface area contributed by atoms with Crippen molar-refractivity contribution < 1.29 is 0 Å². The van der Waals surface area contributed by atoms with E-state index in [1.54, 1.807) is 6.20 Å². The summed E-state index contributed by atoms with van der Waals surface area (Å²) < 4.78 is 1.94. The Kier molecular flexibility index (Phi) is 1.06. The van der Waals surface area contributed by atoms with Crippen LogP contribution in [0.1, 0.15) is 24.5 Å². The van der Waals surface area contributed by atoms with Crippen LogP contribution < -0.4 is 0 Å². The minimum atomic E-state index is 0.715. The highest BCUT2D eigenvalue weighted by molar-refractivity contribution is 5.30. The van der Waals surface area contributed by atoms with Gasteiger partial charge in [-0.1, -0.05) is 0 Å². The highest BCUT2D eigenvalue weighted by Crippen LogP contribution is 2.38. The first-order valence-electron chi connectivity index (χ1n) is 4.23. The molecule has 2 heterocycles. The van der Waals surface area contributed by atoms with Crippen LogP contribution in [0.4, 0.5) is 0 Å². The third kappa shape index (κ3) is 0.826. The molecule has 3 rings (SSSR count). The second-order valence-electron chi connectivity index (χ2n) is 3.26. The molecule has 0 aromatic carbocycles. The molecule has 1 saturated carbocycles. The Morgan fingerprint density at radius 1 is 1.33 bits per heavy atom. The van der Waals surface area contributed by atoms with Gasteiger partial charge in [0.05, 0.1) is 0 Å². The van der Waals surface area contributed by atoms with Gasteiger partial charge in [0.2, 0.25) is 5.78 Å². The van der Waals surface area contributed by atoms with Crippen LogP contribution in [0.2, 0.25) is 0 Å². The van der Waals surface area contributed by atoms with Crippen molar-refractivity contribution in [2.45, 2.75) is 18.8 Å². The van der Waals surface area contributed by atoms with Gasteiger partial charge in [-0.15, -0.1) is 0 Å². The van der Waals surface area contributed by atoms with Crippen molar-refractivity contribution in [3.63, 3.8) is 0 Å². The lowest BCUT2D eigenvalue weighted by atomic mass is 10.3. The summed E-state index contributed by atoms with van der Waals surface area (Å²) in [6.45, 7) is 0. The van der Waals surface area contributed by atoms with Gasteiger partial charge in [-0.3, -0.25) is 4.40 Å². The Bertz CT molecular complexity index is 414. The van der Waals surface area contributed by atoms with E-state index >= 15 is 0 Å². The Morgan fingerprint density at radius 3 is 3.08 bits per heavy atom. The second-order valence-corrected chi connectivity index (χ2v) is 3.26. The molecule has 1 fully saturated rings. The van der Waals surface area contributed by atoms with Crippen molar-refractivity contribution in [2.24, 2.45) is 0 Å². The van der Waals surface area contributed by atoms with Crippen molar-refractivity contribution in [3.8, 4) is 0 Å². The van der Waals surface area contributed by atoms with Crippen molar-refractivity contribution >= 4 is 5.78 Å². The Morgan fingerprint density at radius 2 is 2.25 bits per heavy atom. The van der Waals surface area contributed by atoms with E-state index in [9.17, 15) is 0 Å². The summed E-state index contributed by atoms with van der Waals surface area (Å²) in [6, 6.07) is 2.09. The molecular weight excluding hydrogens is 150 g/mol. The van der Waals surface area contributed by atoms with Gasteiger partial charge in [-0.25, -0.2) is 9.97 Å². The molecule has 0 N–H and O–H groups in total. The third-order valence-electron chi connectivity index (χ3n) is 2.28. The van der Waals surface area contributed by atoms with E-state index < -0.39 is 0 Å². The molecule has 0 bridgehead atoms. The average Bonchev–Trinajstić information content (AvgIpc) is 2.84. The van der Waals surface area contributed by atoms with Crippen LogP contribution in [-0.2, 0) is 0 Å². The summed E-state index contributed by atoms with van der Waals surface area (Å²) in [7, 11) is 0. The van der Waals surface area contributed by atoms with Crippen LogP contribution in [-0.4, -0.2) is 14.4 Å². The first-order chi connectivity index (χ1) is 5.93. The minimum Gasteiger partial charge on any atom is -0.291 e. The van der Waals surface area contributed by atoms with E-state index in [1.165, 1.54) is 18.5 Å². The summed E-state index contributed by atoms with van der Waals surface area (Å²) in [5, 5.41) is 0. The first-order valence-corrected chi connectivity index (χ1v) is 4.23. The highest BCUT2D eigenvalue weighted by Gasteiger charge is 2.24. The fraction of sp³-hybridized carbons (Fsp3) is 0.333. The van der Waals surface area contributed by atoms with Crippen LogP contribution in [0.3, 0.4) is 0 Å². The average molecular weight is 159 g/mol. The third-order valence-corrected chi connectivity index (χ3v) is 2.28. The van der Waals surface area contributed by atoms with Gasteiger partial charge in [0.25, 0.3) is 0 Å². The number of aromatic nitrogens is 3. The smallest absolute Gasteiger partial charge is 0.233 e. The number of fused-ring (bicyclic) bond motifs is 1. The zero-order valence-corrected chi connectivity index (χ0v) is 6.64. The van der Waals surface area contributed by atoms with Gasteiger partial charge < -0.3 is 0 Å². The molecule has 2 aromatic rings. The summed E-state index contributed by atoms with van der Waals surface area (Å²) >= 11 is 0. The fourth-order valence-corrected chi connectivity index (χ4v) is 1.42. The second kappa shape index (κ2) is 2.06. The molecule has 0 amide bonds. The molecule has 12 heavy (non-hydrogen) atoms. The zero-order valence-electron chi connectivity index (χ0n) is 6.64. The predicted octanol–water partition coefficient (Wildman–Crippen LogP) is 1.61. The van der Waals surface area contributed by atoms with Crippen molar-refractivity contribution in [1.82, 2.24) is 14.4 Å². The number of rotatable bonds is 1. The van der Waals surface area contributed by atoms with Crippen LogP contribution in [0.25, 0.3) is 5.78 Å². The SMILES string of the molecule is c1cn2ccc(C3CC3)nc2n1. The summed E-state index contributed by atoms with van der Waals surface area (Å²) in [4.78, 5) is 8.59. The lowest BCUT2D eigenvalue weighted by Crippen LogP contribution is -1.91. The molecule has 1 aliphatic carbocycles. The van der Waals surface area contributed by atoms with Crippen LogP contribution in [0, 0.1) is 0 Å². The molecule has 0 atom stereocenters. The molecule has 0 saturated heterocycles. The van der Waals surface area contributed by atoms with Gasteiger partial charge >= 0.3 is 0 Å². The predicted molar refractivity (Wildman–Crippen MR) is 45.0 cm³/mol. The maximum absolute atomic E-state index is 4.45. The van der Waals surface area contributed by atoms with E-state index in [1.807, 2.05) is 16.8 Å². The lowest BCUT2D eigenvalue weighted by molar-refractivity contribution is 0.983. The Balaban J connectivity index is 2.21. The molecule has 0 spiro atoms. The topological polar surface area (TPSA) is 30.2 Å². The van der Waals surface area contributed by atoms with Gasteiger partial charge in [0, 0.05) is 30.2 Å². The lowest BCUT2D eigenvalue weighted by Gasteiger charge is -1.96. The molecule has 2 aromatic heterocycles. The molecule has 60 valence electrons. The number of hydrogen-bond acceptors (Lipinski definition) is 2. The highest BCUT2D eigenvalue weighted by atomic mass is 15.1. The molecule has 3 heteroatoms. The Labute approximate surface area is 70.1 Å². The summed E-state index contributed by atoms with van der Waals surface area (Å²) in [5.74, 6) is 1.53. The number of imidazole rings is 1. The van der Waals surface area contributed by atoms with Crippen LogP contribution in [0.15, 0.2) is 24.7 Å². The van der Waals surface area contributed by atoms with Crippen LogP contribution >= 0.6 is 0 Å². The van der Waals surface area contributed by atoms with Gasteiger partial charge in [0.1, 0.15) is 0 Å². The molecule has 0 radical (unpaired) electrons. The normalized spacial score (nSPS) is 17.0. The summed E-state index contributed by atoms with van der Waals surface area (Å²) in [6.07, 6.45) is 8.31. The maximum Gasteiger partial charge on any atom is 0.233 e. The molecule has 0 unspecified atom stereocenters. The van der Waals surface area contributed by atoms with E-state index in [2.05, 4.69) is 16.0 Å². The molecule has 3 nitrogen and oxygen atoms in total. The molecular formula is C9H9N3. The quantitative estimate of drug-likeness (QED) is 0.632. The van der Waals surface area contributed by atoms with Gasteiger partial charge in [-0.05, 0) is 18.9 Å². The van der Waals surface area contributed by atoms with Crippen LogP contribution in [0.5, 0.6) is 0 Å². The fourth-order valence-electron chi connectivity index (χ4n) is 1.42. The van der Waals surface area contributed by atoms with Gasteiger partial charge in [0.15, 0.2) is 0 Å². The molecule has 0 aliphatic heterocycles. The Hall–Kier alpha value is -1.38.